The summed E-state index contributed by atoms with van der Waals surface area (Å²) < 4.78 is 4.95. The quantitative estimate of drug-likeness (QED) is 0.735. The van der Waals surface area contributed by atoms with Gasteiger partial charge < -0.3 is 9.64 Å². The Kier molecular flexibility index (Phi) is 6.09. The largest absolute Gasteiger partial charge is 0.469 e. The molecule has 0 aromatic carbocycles. The topological polar surface area (TPSA) is 36.0 Å². The number of methoxy groups -OCH3 is 1. The van der Waals surface area contributed by atoms with E-state index in [4.69, 9.17) is 4.74 Å². The van der Waals surface area contributed by atoms with Crippen molar-refractivity contribution in [3.63, 3.8) is 0 Å². The van der Waals surface area contributed by atoms with Gasteiger partial charge in [-0.05, 0) is 53.6 Å². The molecule has 2 saturated heterocycles. The number of piperazine rings is 1. The maximum Gasteiger partial charge on any atom is 0.311 e. The molecule has 5 heteroatoms. The fourth-order valence-corrected chi connectivity index (χ4v) is 3.65. The zero-order valence-corrected chi connectivity index (χ0v) is 15.7. The van der Waals surface area contributed by atoms with Crippen LogP contribution in [0.5, 0.6) is 0 Å². The van der Waals surface area contributed by atoms with Gasteiger partial charge in [0.05, 0.1) is 12.5 Å². The Bertz CT molecular complexity index is 390. The molecule has 0 atom stereocenters. The van der Waals surface area contributed by atoms with Gasteiger partial charge in [0.2, 0.25) is 0 Å². The molecule has 0 unspecified atom stereocenters. The van der Waals surface area contributed by atoms with Crippen LogP contribution in [0.15, 0.2) is 0 Å². The molecule has 134 valence electrons. The Hall–Kier alpha value is -0.650. The number of hydrogen-bond donors (Lipinski definition) is 0. The molecule has 0 spiro atoms. The van der Waals surface area contributed by atoms with Crippen molar-refractivity contribution in [2.45, 2.75) is 46.1 Å². The Morgan fingerprint density at radius 3 is 1.87 bits per heavy atom. The van der Waals surface area contributed by atoms with Crippen LogP contribution in [0.4, 0.5) is 0 Å². The first-order chi connectivity index (χ1) is 10.7. The van der Waals surface area contributed by atoms with Crippen LogP contribution in [-0.4, -0.2) is 85.7 Å². The molecular formula is C18H35N3O2. The number of carbonyl (C=O) groups is 1. The van der Waals surface area contributed by atoms with Gasteiger partial charge in [0, 0.05) is 44.8 Å². The molecule has 0 aliphatic carbocycles. The van der Waals surface area contributed by atoms with E-state index < -0.39 is 0 Å². The van der Waals surface area contributed by atoms with E-state index in [9.17, 15) is 4.79 Å². The molecule has 0 amide bonds. The lowest BCUT2D eigenvalue weighted by molar-refractivity contribution is -0.154. The summed E-state index contributed by atoms with van der Waals surface area (Å²) in [5.41, 5.74) is 0.0148. The second kappa shape index (κ2) is 7.49. The molecule has 0 radical (unpaired) electrons. The molecule has 0 saturated carbocycles. The van der Waals surface area contributed by atoms with Crippen molar-refractivity contribution < 1.29 is 9.53 Å². The van der Waals surface area contributed by atoms with Crippen molar-refractivity contribution in [1.29, 1.82) is 0 Å². The van der Waals surface area contributed by atoms with Crippen LogP contribution >= 0.6 is 0 Å². The van der Waals surface area contributed by atoms with Crippen LogP contribution in [0.25, 0.3) is 0 Å². The number of esters is 1. The summed E-state index contributed by atoms with van der Waals surface area (Å²) in [5.74, 6) is -0.0459. The minimum Gasteiger partial charge on any atom is -0.469 e. The van der Waals surface area contributed by atoms with E-state index in [0.29, 0.717) is 0 Å². The highest BCUT2D eigenvalue weighted by Gasteiger charge is 2.37. The minimum absolute atomic E-state index is 0.0459. The lowest BCUT2D eigenvalue weighted by atomic mass is 9.80. The van der Waals surface area contributed by atoms with Crippen molar-refractivity contribution in [3.05, 3.63) is 0 Å². The summed E-state index contributed by atoms with van der Waals surface area (Å²) >= 11 is 0. The molecule has 0 N–H and O–H groups in total. The van der Waals surface area contributed by atoms with Gasteiger partial charge in [-0.3, -0.25) is 14.6 Å². The Labute approximate surface area is 141 Å². The Morgan fingerprint density at radius 1 is 0.957 bits per heavy atom. The molecule has 2 aliphatic rings. The zero-order chi connectivity index (χ0) is 17.1. The van der Waals surface area contributed by atoms with Crippen LogP contribution in [0.2, 0.25) is 0 Å². The third-order valence-corrected chi connectivity index (χ3v) is 5.69. The fraction of sp³-hybridized carbons (Fsp3) is 0.944. The van der Waals surface area contributed by atoms with Crippen molar-refractivity contribution >= 4 is 5.97 Å². The first-order valence-electron chi connectivity index (χ1n) is 9.03. The van der Waals surface area contributed by atoms with Crippen LogP contribution in [0.3, 0.4) is 0 Å². The summed E-state index contributed by atoms with van der Waals surface area (Å²) in [6, 6.07) is 0. The number of hydrogen-bond acceptors (Lipinski definition) is 5. The monoisotopic (exact) mass is 325 g/mol. The van der Waals surface area contributed by atoms with E-state index in [1.165, 1.54) is 33.3 Å². The third kappa shape index (κ3) is 4.91. The van der Waals surface area contributed by atoms with E-state index in [-0.39, 0.29) is 16.9 Å². The molecule has 0 aromatic rings. The number of carbonyl (C=O) groups excluding carboxylic acids is 1. The second-order valence-corrected chi connectivity index (χ2v) is 8.39. The van der Waals surface area contributed by atoms with Gasteiger partial charge in [-0.2, -0.15) is 0 Å². The highest BCUT2D eigenvalue weighted by molar-refractivity contribution is 5.76. The molecule has 5 nitrogen and oxygen atoms in total. The Balaban J connectivity index is 1.68. The number of ether oxygens (including phenoxy) is 1. The summed E-state index contributed by atoms with van der Waals surface area (Å²) in [6.07, 6.45) is 1.83. The summed E-state index contributed by atoms with van der Waals surface area (Å²) in [5, 5.41) is 0. The van der Waals surface area contributed by atoms with Gasteiger partial charge >= 0.3 is 5.97 Å². The highest BCUT2D eigenvalue weighted by atomic mass is 16.5. The fourth-order valence-electron chi connectivity index (χ4n) is 3.65. The van der Waals surface area contributed by atoms with Crippen molar-refractivity contribution in [3.8, 4) is 0 Å². The SMILES string of the molecule is COC(=O)C1(C)CCN(CCN2CCN(C(C)(C)C)CC2)CC1. The van der Waals surface area contributed by atoms with Crippen LogP contribution < -0.4 is 0 Å². The van der Waals surface area contributed by atoms with Crippen LogP contribution in [0.1, 0.15) is 40.5 Å². The lowest BCUT2D eigenvalue weighted by Gasteiger charge is -2.43. The van der Waals surface area contributed by atoms with Gasteiger partial charge in [-0.25, -0.2) is 0 Å². The molecule has 2 heterocycles. The van der Waals surface area contributed by atoms with Gasteiger partial charge in [0.25, 0.3) is 0 Å². The summed E-state index contributed by atoms with van der Waals surface area (Å²) in [4.78, 5) is 19.5. The van der Waals surface area contributed by atoms with Gasteiger partial charge in [-0.15, -0.1) is 0 Å². The minimum atomic E-state index is -0.274. The van der Waals surface area contributed by atoms with Gasteiger partial charge in [-0.1, -0.05) is 0 Å². The predicted molar refractivity (Wildman–Crippen MR) is 93.6 cm³/mol. The highest BCUT2D eigenvalue weighted by Crippen LogP contribution is 2.32. The van der Waals surface area contributed by atoms with Crippen molar-refractivity contribution in [2.75, 3.05) is 59.5 Å². The van der Waals surface area contributed by atoms with E-state index in [1.54, 1.807) is 0 Å². The van der Waals surface area contributed by atoms with Gasteiger partial charge in [0.15, 0.2) is 0 Å². The standard InChI is InChI=1S/C18H35N3O2/c1-17(2,3)21-14-12-20(13-15-21)11-10-19-8-6-18(4,7-9-19)16(22)23-5/h6-15H2,1-5H3. The summed E-state index contributed by atoms with van der Waals surface area (Å²) in [6.45, 7) is 17.9. The lowest BCUT2D eigenvalue weighted by Crippen LogP contribution is -2.54. The van der Waals surface area contributed by atoms with Crippen molar-refractivity contribution in [2.24, 2.45) is 5.41 Å². The maximum absolute atomic E-state index is 11.9. The number of likely N-dealkylation sites (tertiary alicyclic amines) is 1. The first kappa shape index (κ1) is 18.7. The molecule has 2 fully saturated rings. The van der Waals surface area contributed by atoms with E-state index in [1.807, 2.05) is 6.92 Å². The smallest absolute Gasteiger partial charge is 0.311 e. The molecular weight excluding hydrogens is 290 g/mol. The van der Waals surface area contributed by atoms with E-state index in [0.717, 1.165) is 39.0 Å². The molecule has 0 aromatic heterocycles. The normalized spacial score (nSPS) is 24.6. The second-order valence-electron chi connectivity index (χ2n) is 8.39. The molecule has 2 aliphatic heterocycles. The molecule has 23 heavy (non-hydrogen) atoms. The number of piperidine rings is 1. The average molecular weight is 325 g/mol. The molecule has 0 bridgehead atoms. The predicted octanol–water partition coefficient (Wildman–Crippen LogP) is 1.68. The van der Waals surface area contributed by atoms with Crippen molar-refractivity contribution in [1.82, 2.24) is 14.7 Å². The first-order valence-corrected chi connectivity index (χ1v) is 9.03. The molecule has 2 rings (SSSR count). The van der Waals surface area contributed by atoms with E-state index >= 15 is 0 Å². The van der Waals surface area contributed by atoms with Gasteiger partial charge in [0.1, 0.15) is 0 Å². The third-order valence-electron chi connectivity index (χ3n) is 5.69. The Morgan fingerprint density at radius 2 is 1.43 bits per heavy atom. The maximum atomic E-state index is 11.9. The number of rotatable bonds is 4. The van der Waals surface area contributed by atoms with E-state index in [2.05, 4.69) is 35.5 Å². The average Bonchev–Trinajstić information content (AvgIpc) is 2.53. The van der Waals surface area contributed by atoms with Crippen LogP contribution in [-0.2, 0) is 9.53 Å². The van der Waals surface area contributed by atoms with Crippen LogP contribution in [0, 0.1) is 5.41 Å². The number of nitrogens with zero attached hydrogens (tertiary/aromatic N) is 3. The zero-order valence-electron chi connectivity index (χ0n) is 15.7. The summed E-state index contributed by atoms with van der Waals surface area (Å²) in [7, 11) is 1.50.